The number of hydrogen-bond donors (Lipinski definition) is 0. The van der Waals surface area contributed by atoms with Gasteiger partial charge in [0.1, 0.15) is 0 Å². The highest BCUT2D eigenvalue weighted by Gasteiger charge is 2.25. The molecule has 2 aromatic carbocycles. The minimum atomic E-state index is -3.44. The lowest BCUT2D eigenvalue weighted by Crippen LogP contribution is -2.35. The van der Waals surface area contributed by atoms with E-state index in [1.54, 1.807) is 51.7 Å². The Kier molecular flexibility index (Phi) is 8.20. The van der Waals surface area contributed by atoms with Gasteiger partial charge in [0.2, 0.25) is 15.9 Å². The summed E-state index contributed by atoms with van der Waals surface area (Å²) in [7, 11) is -3.44. The maximum absolute atomic E-state index is 12.8. The van der Waals surface area contributed by atoms with E-state index in [1.165, 1.54) is 0 Å². The van der Waals surface area contributed by atoms with E-state index in [1.807, 2.05) is 12.1 Å². The number of benzene rings is 2. The number of hydrogen-bond acceptors (Lipinski definition) is 4. The van der Waals surface area contributed by atoms with Gasteiger partial charge in [0.15, 0.2) is 0 Å². The zero-order valence-electron chi connectivity index (χ0n) is 18.2. The molecule has 1 heterocycles. The summed E-state index contributed by atoms with van der Waals surface area (Å²) in [5.74, 6) is -0.000672. The molecule has 0 atom stereocenters. The maximum Gasteiger partial charge on any atom is 0.243 e. The van der Waals surface area contributed by atoms with Crippen molar-refractivity contribution in [3.63, 3.8) is 0 Å². The summed E-state index contributed by atoms with van der Waals surface area (Å²) < 4.78 is 27.1. The van der Waals surface area contributed by atoms with Gasteiger partial charge in [0.25, 0.3) is 0 Å². The van der Waals surface area contributed by atoms with Gasteiger partial charge in [-0.3, -0.25) is 4.79 Å². The monoisotopic (exact) mass is 451 g/mol. The third-order valence-electron chi connectivity index (χ3n) is 5.66. The van der Waals surface area contributed by atoms with Gasteiger partial charge in [0.05, 0.1) is 16.5 Å². The van der Waals surface area contributed by atoms with Gasteiger partial charge in [-0.2, -0.15) is 9.57 Å². The van der Waals surface area contributed by atoms with Crippen molar-refractivity contribution in [3.8, 4) is 6.07 Å². The Labute approximate surface area is 190 Å². The molecule has 0 aromatic heterocycles. The normalized spacial score (nSPS) is 14.5. The quantitative estimate of drug-likeness (QED) is 0.542. The van der Waals surface area contributed by atoms with Crippen molar-refractivity contribution in [1.29, 1.82) is 5.26 Å². The van der Waals surface area contributed by atoms with Crippen LogP contribution in [0, 0.1) is 11.3 Å². The van der Waals surface area contributed by atoms with Crippen LogP contribution >= 0.6 is 0 Å². The van der Waals surface area contributed by atoms with Crippen molar-refractivity contribution in [3.05, 3.63) is 77.9 Å². The van der Waals surface area contributed by atoms with E-state index in [4.69, 9.17) is 5.26 Å². The Hall–Kier alpha value is -2.95. The fourth-order valence-corrected chi connectivity index (χ4v) is 5.32. The van der Waals surface area contributed by atoms with Crippen LogP contribution < -0.4 is 0 Å². The van der Waals surface area contributed by atoms with Crippen molar-refractivity contribution in [2.24, 2.45) is 0 Å². The largest absolute Gasteiger partial charge is 0.335 e. The van der Waals surface area contributed by atoms with E-state index in [2.05, 4.69) is 12.6 Å². The zero-order valence-corrected chi connectivity index (χ0v) is 19.1. The van der Waals surface area contributed by atoms with Crippen LogP contribution in [0.4, 0.5) is 0 Å². The lowest BCUT2D eigenvalue weighted by atomic mass is 10.1. The summed E-state index contributed by atoms with van der Waals surface area (Å²) >= 11 is 0. The third-order valence-corrected chi connectivity index (χ3v) is 7.58. The molecular weight excluding hydrogens is 422 g/mol. The van der Waals surface area contributed by atoms with Gasteiger partial charge in [-0.05, 0) is 54.7 Å². The molecule has 3 rings (SSSR count). The van der Waals surface area contributed by atoms with Crippen molar-refractivity contribution in [2.75, 3.05) is 19.6 Å². The van der Waals surface area contributed by atoms with Crippen LogP contribution in [-0.2, 0) is 27.8 Å². The number of carbonyl (C=O) groups is 1. The average Bonchev–Trinajstić information content (AvgIpc) is 2.83. The molecule has 0 aliphatic carbocycles. The van der Waals surface area contributed by atoms with Crippen LogP contribution in [0.1, 0.15) is 42.4 Å². The first-order valence-corrected chi connectivity index (χ1v) is 12.3. The highest BCUT2D eigenvalue weighted by molar-refractivity contribution is 7.89. The number of sulfonamides is 1. The van der Waals surface area contributed by atoms with Crippen molar-refractivity contribution >= 4 is 15.9 Å². The number of piperidine rings is 1. The summed E-state index contributed by atoms with van der Waals surface area (Å²) in [5, 5.41) is 8.93. The van der Waals surface area contributed by atoms with Crippen LogP contribution in [0.5, 0.6) is 0 Å². The number of nitriles is 1. The fourth-order valence-electron chi connectivity index (χ4n) is 3.81. The van der Waals surface area contributed by atoms with E-state index < -0.39 is 10.0 Å². The third kappa shape index (κ3) is 6.06. The molecule has 2 aromatic rings. The number of amides is 1. The standard InChI is InChI=1S/C25H29N3O3S/c1-2-16-27(20-23-8-6-22(19-26)7-9-23)25(29)15-12-21-10-13-24(14-11-21)32(30,31)28-17-4-3-5-18-28/h2,6-11,13-14H,1,3-5,12,15-18,20H2. The molecule has 1 amide bonds. The topological polar surface area (TPSA) is 81.5 Å². The molecule has 0 N–H and O–H groups in total. The van der Waals surface area contributed by atoms with Gasteiger partial charge in [0, 0.05) is 32.6 Å². The molecule has 1 saturated heterocycles. The van der Waals surface area contributed by atoms with Crippen molar-refractivity contribution < 1.29 is 13.2 Å². The Morgan fingerprint density at radius 2 is 1.66 bits per heavy atom. The average molecular weight is 452 g/mol. The van der Waals surface area contributed by atoms with Crippen LogP contribution in [0.25, 0.3) is 0 Å². The second-order valence-electron chi connectivity index (χ2n) is 7.98. The number of carbonyl (C=O) groups excluding carboxylic acids is 1. The Morgan fingerprint density at radius 3 is 2.25 bits per heavy atom. The second-order valence-corrected chi connectivity index (χ2v) is 9.92. The summed E-state index contributed by atoms with van der Waals surface area (Å²) in [6.45, 7) is 5.79. The van der Waals surface area contributed by atoms with Crippen LogP contribution in [0.3, 0.4) is 0 Å². The molecule has 168 valence electrons. The van der Waals surface area contributed by atoms with E-state index in [9.17, 15) is 13.2 Å². The van der Waals surface area contributed by atoms with Crippen molar-refractivity contribution in [2.45, 2.75) is 43.5 Å². The molecule has 6 nitrogen and oxygen atoms in total. The molecule has 0 unspecified atom stereocenters. The zero-order chi connectivity index (χ0) is 23.0. The first-order valence-electron chi connectivity index (χ1n) is 10.9. The van der Waals surface area contributed by atoms with E-state index in [0.717, 1.165) is 30.4 Å². The molecular formula is C25H29N3O3S. The number of rotatable bonds is 9. The highest BCUT2D eigenvalue weighted by atomic mass is 32.2. The predicted octanol–water partition coefficient (Wildman–Crippen LogP) is 3.88. The lowest BCUT2D eigenvalue weighted by Gasteiger charge is -2.25. The molecule has 0 radical (unpaired) electrons. The molecule has 1 aliphatic heterocycles. The summed E-state index contributed by atoms with van der Waals surface area (Å²) in [6.07, 6.45) is 5.44. The Morgan fingerprint density at radius 1 is 1.03 bits per heavy atom. The summed E-state index contributed by atoms with van der Waals surface area (Å²) in [6, 6.07) is 16.1. The Bertz CT molecular complexity index is 1060. The van der Waals surface area contributed by atoms with Crippen LogP contribution in [0.15, 0.2) is 66.1 Å². The van der Waals surface area contributed by atoms with Crippen molar-refractivity contribution in [1.82, 2.24) is 9.21 Å². The second kappa shape index (κ2) is 11.1. The van der Waals surface area contributed by atoms with E-state index in [0.29, 0.717) is 49.5 Å². The predicted molar refractivity (Wildman–Crippen MR) is 124 cm³/mol. The van der Waals surface area contributed by atoms with Crippen LogP contribution in [-0.4, -0.2) is 43.2 Å². The highest BCUT2D eigenvalue weighted by Crippen LogP contribution is 2.21. The van der Waals surface area contributed by atoms with Gasteiger partial charge < -0.3 is 4.90 Å². The summed E-state index contributed by atoms with van der Waals surface area (Å²) in [5.41, 5.74) is 2.46. The number of nitrogens with zero attached hydrogens (tertiary/aromatic N) is 3. The first-order chi connectivity index (χ1) is 15.4. The van der Waals surface area contributed by atoms with Gasteiger partial charge in [-0.15, -0.1) is 6.58 Å². The van der Waals surface area contributed by atoms with Gasteiger partial charge in [-0.25, -0.2) is 8.42 Å². The van der Waals surface area contributed by atoms with E-state index >= 15 is 0 Å². The number of aryl methyl sites for hydroxylation is 1. The summed E-state index contributed by atoms with van der Waals surface area (Å²) in [4.78, 5) is 14.8. The molecule has 0 saturated carbocycles. The van der Waals surface area contributed by atoms with E-state index in [-0.39, 0.29) is 5.91 Å². The lowest BCUT2D eigenvalue weighted by molar-refractivity contribution is -0.131. The molecule has 0 spiro atoms. The molecule has 32 heavy (non-hydrogen) atoms. The van der Waals surface area contributed by atoms with Crippen LogP contribution in [0.2, 0.25) is 0 Å². The SMILES string of the molecule is C=CCN(Cc1ccc(C#N)cc1)C(=O)CCc1ccc(S(=O)(=O)N2CCCCC2)cc1. The molecule has 7 heteroatoms. The first kappa shape index (κ1) is 23.7. The Balaban J connectivity index is 1.59. The fraction of sp³-hybridized carbons (Fsp3) is 0.360. The minimum absolute atomic E-state index is 0.000672. The minimum Gasteiger partial charge on any atom is -0.335 e. The van der Waals surface area contributed by atoms with Gasteiger partial charge >= 0.3 is 0 Å². The smallest absolute Gasteiger partial charge is 0.243 e. The maximum atomic E-state index is 12.8. The molecule has 1 fully saturated rings. The van der Waals surface area contributed by atoms with Gasteiger partial charge in [-0.1, -0.05) is 36.8 Å². The molecule has 0 bridgehead atoms. The molecule has 1 aliphatic rings.